The molecule has 1 atom stereocenters. The summed E-state index contributed by atoms with van der Waals surface area (Å²) in [6, 6.07) is 8.13. The summed E-state index contributed by atoms with van der Waals surface area (Å²) in [6.45, 7) is 6.03. The van der Waals surface area contributed by atoms with E-state index in [9.17, 15) is 4.79 Å². The molecule has 2 aliphatic rings. The van der Waals surface area contributed by atoms with E-state index >= 15 is 0 Å². The van der Waals surface area contributed by atoms with Gasteiger partial charge in [0.2, 0.25) is 5.91 Å². The summed E-state index contributed by atoms with van der Waals surface area (Å²) in [5.74, 6) is 1.79. The Morgan fingerprint density at radius 1 is 1.29 bits per heavy atom. The van der Waals surface area contributed by atoms with Gasteiger partial charge in [-0.3, -0.25) is 4.79 Å². The topological polar surface area (TPSA) is 68.8 Å². The van der Waals surface area contributed by atoms with Crippen LogP contribution in [0.4, 0.5) is 0 Å². The number of likely N-dealkylation sites (tertiary alicyclic amines) is 1. The third-order valence-electron chi connectivity index (χ3n) is 6.33. The highest BCUT2D eigenvalue weighted by atomic mass is 16.5. The van der Waals surface area contributed by atoms with Crippen LogP contribution in [0.15, 0.2) is 28.8 Å². The van der Waals surface area contributed by atoms with Crippen molar-refractivity contribution in [1.82, 2.24) is 10.5 Å². The van der Waals surface area contributed by atoms with Gasteiger partial charge in [-0.1, -0.05) is 23.4 Å². The number of aryl methyl sites for hydroxylation is 2. The second-order valence-corrected chi connectivity index (χ2v) is 8.41. The molecule has 0 radical (unpaired) electrons. The number of carbonyl (C=O) groups excluding carboxylic acids is 1. The summed E-state index contributed by atoms with van der Waals surface area (Å²) < 4.78 is 11.7. The number of ether oxygens (including phenoxy) is 1. The first-order chi connectivity index (χ1) is 13.5. The van der Waals surface area contributed by atoms with E-state index in [4.69, 9.17) is 9.26 Å². The largest absolute Gasteiger partial charge is 0.486 e. The van der Waals surface area contributed by atoms with Gasteiger partial charge in [-0.05, 0) is 26.3 Å². The number of aromatic nitrogens is 1. The Morgan fingerprint density at radius 2 is 2.04 bits per heavy atom. The van der Waals surface area contributed by atoms with Crippen LogP contribution >= 0.6 is 0 Å². The van der Waals surface area contributed by atoms with Crippen LogP contribution in [-0.4, -0.2) is 36.8 Å². The highest BCUT2D eigenvalue weighted by molar-refractivity contribution is 5.77. The minimum Gasteiger partial charge on any atom is -0.486 e. The molecule has 0 bridgehead atoms. The molecule has 1 aromatic heterocycles. The Labute approximate surface area is 166 Å². The van der Waals surface area contributed by atoms with Crippen molar-refractivity contribution in [1.29, 1.82) is 0 Å². The number of fused-ring (bicyclic) bond motifs is 1. The molecule has 3 heterocycles. The number of para-hydroxylation sites is 1. The lowest BCUT2D eigenvalue weighted by Crippen LogP contribution is -3.10. The van der Waals surface area contributed by atoms with Crippen LogP contribution < -0.4 is 15.0 Å². The van der Waals surface area contributed by atoms with E-state index in [2.05, 4.69) is 23.6 Å². The molecule has 1 aromatic carbocycles. The Kier molecular flexibility index (Phi) is 5.15. The lowest BCUT2D eigenvalue weighted by Gasteiger charge is -2.45. The number of nitrogens with zero attached hydrogens (tertiary/aromatic N) is 1. The number of amides is 1. The van der Waals surface area contributed by atoms with E-state index < -0.39 is 0 Å². The molecule has 150 valence electrons. The summed E-state index contributed by atoms with van der Waals surface area (Å²) in [5, 5.41) is 7.26. The van der Waals surface area contributed by atoms with Crippen molar-refractivity contribution in [2.24, 2.45) is 0 Å². The van der Waals surface area contributed by atoms with Crippen molar-refractivity contribution < 1.29 is 19.0 Å². The first-order valence-corrected chi connectivity index (χ1v) is 10.3. The number of carbonyl (C=O) groups is 1. The van der Waals surface area contributed by atoms with Crippen LogP contribution in [0.5, 0.6) is 5.75 Å². The van der Waals surface area contributed by atoms with Gasteiger partial charge in [-0.2, -0.15) is 0 Å². The van der Waals surface area contributed by atoms with Crippen LogP contribution in [0, 0.1) is 13.8 Å². The lowest BCUT2D eigenvalue weighted by atomic mass is 9.80. The lowest BCUT2D eigenvalue weighted by molar-refractivity contribution is -0.887. The second-order valence-electron chi connectivity index (χ2n) is 8.41. The molecule has 1 amide bonds. The van der Waals surface area contributed by atoms with Crippen molar-refractivity contribution in [3.8, 4) is 5.75 Å². The third kappa shape index (κ3) is 3.78. The van der Waals surface area contributed by atoms with Crippen molar-refractivity contribution in [3.63, 3.8) is 0 Å². The molecule has 4 rings (SSSR count). The molecule has 0 aliphatic carbocycles. The van der Waals surface area contributed by atoms with Gasteiger partial charge in [-0.25, -0.2) is 0 Å². The van der Waals surface area contributed by atoms with E-state index in [0.717, 1.165) is 60.7 Å². The molecule has 6 nitrogen and oxygen atoms in total. The number of piperidine rings is 1. The highest BCUT2D eigenvalue weighted by Gasteiger charge is 2.44. The first-order valence-electron chi connectivity index (χ1n) is 10.3. The maximum atomic E-state index is 12.8. The smallest absolute Gasteiger partial charge is 0.220 e. The number of hydrogen-bond acceptors (Lipinski definition) is 4. The van der Waals surface area contributed by atoms with Crippen molar-refractivity contribution >= 4 is 5.91 Å². The molecule has 2 aliphatic heterocycles. The van der Waals surface area contributed by atoms with Gasteiger partial charge >= 0.3 is 0 Å². The molecule has 28 heavy (non-hydrogen) atoms. The molecule has 1 saturated heterocycles. The standard InChI is InChI=1S/C22H29N3O3/c1-15-17(16(2)28-24-15)8-9-21(26)23-19-14-22(10-12-25(3)13-11-22)27-20-7-5-4-6-18(19)20/h4-7,19H,8-14H2,1-3H3,(H,23,26)/p+1/t19-/m0/s1. The van der Waals surface area contributed by atoms with Crippen molar-refractivity contribution in [2.45, 2.75) is 57.6 Å². The van der Waals surface area contributed by atoms with Gasteiger partial charge in [0.25, 0.3) is 0 Å². The summed E-state index contributed by atoms with van der Waals surface area (Å²) >= 11 is 0. The van der Waals surface area contributed by atoms with E-state index in [1.807, 2.05) is 32.0 Å². The van der Waals surface area contributed by atoms with Gasteiger partial charge in [0.05, 0.1) is 31.9 Å². The fourth-order valence-corrected chi connectivity index (χ4v) is 4.55. The summed E-state index contributed by atoms with van der Waals surface area (Å²) in [4.78, 5) is 14.3. The van der Waals surface area contributed by atoms with Crippen molar-refractivity contribution in [2.75, 3.05) is 20.1 Å². The Bertz CT molecular complexity index is 833. The predicted molar refractivity (Wildman–Crippen MR) is 105 cm³/mol. The average Bonchev–Trinajstić information content (AvgIpc) is 3.00. The fraction of sp³-hybridized carbons (Fsp3) is 0.545. The quantitative estimate of drug-likeness (QED) is 0.845. The maximum Gasteiger partial charge on any atom is 0.220 e. The first kappa shape index (κ1) is 19.0. The normalized spacial score (nSPS) is 26.5. The molecular formula is C22H30N3O3+. The van der Waals surface area contributed by atoms with Crippen LogP contribution in [0.1, 0.15) is 54.3 Å². The summed E-state index contributed by atoms with van der Waals surface area (Å²) in [5.41, 5.74) is 2.84. The Hall–Kier alpha value is -2.34. The molecular weight excluding hydrogens is 354 g/mol. The molecule has 1 spiro atoms. The van der Waals surface area contributed by atoms with E-state index in [-0.39, 0.29) is 17.6 Å². The number of nitrogens with one attached hydrogen (secondary N) is 2. The van der Waals surface area contributed by atoms with Crippen LogP contribution in [0.25, 0.3) is 0 Å². The number of quaternary nitrogens is 1. The van der Waals surface area contributed by atoms with E-state index in [1.165, 1.54) is 0 Å². The minimum absolute atomic E-state index is 0.000486. The number of rotatable bonds is 4. The van der Waals surface area contributed by atoms with Gasteiger partial charge in [0.1, 0.15) is 17.1 Å². The van der Waals surface area contributed by atoms with Gasteiger partial charge in [0, 0.05) is 36.8 Å². The summed E-state index contributed by atoms with van der Waals surface area (Å²) in [6.07, 6.45) is 3.98. The summed E-state index contributed by atoms with van der Waals surface area (Å²) in [7, 11) is 2.23. The molecule has 1 fully saturated rings. The molecule has 6 heteroatoms. The predicted octanol–water partition coefficient (Wildman–Crippen LogP) is 1.91. The fourth-order valence-electron chi connectivity index (χ4n) is 4.55. The number of benzene rings is 1. The Morgan fingerprint density at radius 3 is 2.75 bits per heavy atom. The Balaban J connectivity index is 1.47. The zero-order chi connectivity index (χ0) is 19.7. The molecule has 0 unspecified atom stereocenters. The van der Waals surface area contributed by atoms with Crippen molar-refractivity contribution in [3.05, 3.63) is 46.8 Å². The van der Waals surface area contributed by atoms with Crippen LogP contribution in [0.2, 0.25) is 0 Å². The zero-order valence-electron chi connectivity index (χ0n) is 17.0. The third-order valence-corrected chi connectivity index (χ3v) is 6.33. The second kappa shape index (κ2) is 7.59. The average molecular weight is 385 g/mol. The minimum atomic E-state index is -0.159. The van der Waals surface area contributed by atoms with E-state index in [0.29, 0.717) is 12.8 Å². The maximum absolute atomic E-state index is 12.8. The molecule has 2 N–H and O–H groups in total. The molecule has 0 saturated carbocycles. The van der Waals surface area contributed by atoms with Gasteiger partial charge < -0.3 is 19.5 Å². The molecule has 2 aromatic rings. The monoisotopic (exact) mass is 384 g/mol. The number of hydrogen-bond donors (Lipinski definition) is 2. The zero-order valence-corrected chi connectivity index (χ0v) is 17.0. The van der Waals surface area contributed by atoms with Gasteiger partial charge in [-0.15, -0.1) is 0 Å². The SMILES string of the molecule is Cc1noc(C)c1CCC(=O)N[C@H]1CC2(CC[NH+](C)CC2)Oc2ccccc21. The van der Waals surface area contributed by atoms with Crippen LogP contribution in [-0.2, 0) is 11.2 Å². The van der Waals surface area contributed by atoms with Crippen LogP contribution in [0.3, 0.4) is 0 Å². The van der Waals surface area contributed by atoms with Gasteiger partial charge in [0.15, 0.2) is 0 Å². The van der Waals surface area contributed by atoms with E-state index in [1.54, 1.807) is 4.90 Å². The highest BCUT2D eigenvalue weighted by Crippen LogP contribution is 2.43.